The average Bonchev–Trinajstić information content (AvgIpc) is 3.39. The summed E-state index contributed by atoms with van der Waals surface area (Å²) in [5.41, 5.74) is 2.96. The summed E-state index contributed by atoms with van der Waals surface area (Å²) in [5.74, 6) is -0.0258. The van der Waals surface area contributed by atoms with Crippen molar-refractivity contribution < 1.29 is 14.0 Å². The van der Waals surface area contributed by atoms with Crippen molar-refractivity contribution in [1.82, 2.24) is 19.5 Å². The van der Waals surface area contributed by atoms with Gasteiger partial charge in [0.15, 0.2) is 11.6 Å². The van der Waals surface area contributed by atoms with Crippen LogP contribution in [0.1, 0.15) is 15.9 Å². The molecule has 2 heterocycles. The molecule has 0 aliphatic heterocycles. The van der Waals surface area contributed by atoms with Gasteiger partial charge in [0.1, 0.15) is 12.1 Å². The normalized spacial score (nSPS) is 10.7. The number of carbonyl (C=O) groups excluding carboxylic acids is 2. The standard InChI is InChI=1S/C25H17FN6O2/c26-18-5-7-19(8-6-18)29-25(34)30-20-3-1-2-16(12-20)24(33)17-4-9-21-22(13-17)31-23(14-28-21)32-11-10-27-15-32/h1-15H,(H2,29,30,34). The van der Waals surface area contributed by atoms with Crippen LogP contribution in [0.2, 0.25) is 0 Å². The zero-order chi connectivity index (χ0) is 23.5. The van der Waals surface area contributed by atoms with Crippen LogP contribution in [0, 0.1) is 5.82 Å². The maximum Gasteiger partial charge on any atom is 0.323 e. The van der Waals surface area contributed by atoms with Crippen LogP contribution in [-0.4, -0.2) is 31.3 Å². The van der Waals surface area contributed by atoms with Gasteiger partial charge in [0.25, 0.3) is 0 Å². The van der Waals surface area contributed by atoms with Gasteiger partial charge in [-0.2, -0.15) is 0 Å². The lowest BCUT2D eigenvalue weighted by Crippen LogP contribution is -2.19. The second kappa shape index (κ2) is 8.91. The van der Waals surface area contributed by atoms with Gasteiger partial charge in [0.05, 0.1) is 17.2 Å². The van der Waals surface area contributed by atoms with Gasteiger partial charge in [-0.1, -0.05) is 12.1 Å². The Hall–Kier alpha value is -4.92. The van der Waals surface area contributed by atoms with E-state index < -0.39 is 11.8 Å². The smallest absolute Gasteiger partial charge is 0.308 e. The van der Waals surface area contributed by atoms with Gasteiger partial charge in [-0.15, -0.1) is 0 Å². The summed E-state index contributed by atoms with van der Waals surface area (Å²) in [5, 5.41) is 5.29. The van der Waals surface area contributed by atoms with Crippen LogP contribution in [-0.2, 0) is 0 Å². The summed E-state index contributed by atoms with van der Waals surface area (Å²) in [7, 11) is 0. The Morgan fingerprint density at radius 1 is 0.853 bits per heavy atom. The van der Waals surface area contributed by atoms with Crippen LogP contribution < -0.4 is 10.6 Å². The van der Waals surface area contributed by atoms with Gasteiger partial charge in [-0.05, 0) is 54.6 Å². The first kappa shape index (κ1) is 21.0. The first-order valence-corrected chi connectivity index (χ1v) is 10.3. The van der Waals surface area contributed by atoms with Crippen molar-refractivity contribution in [3.8, 4) is 5.82 Å². The van der Waals surface area contributed by atoms with E-state index >= 15 is 0 Å². The summed E-state index contributed by atoms with van der Waals surface area (Å²) in [4.78, 5) is 38.4. The zero-order valence-corrected chi connectivity index (χ0v) is 17.6. The molecule has 34 heavy (non-hydrogen) atoms. The third kappa shape index (κ3) is 4.49. The third-order valence-corrected chi connectivity index (χ3v) is 5.05. The lowest BCUT2D eigenvalue weighted by molar-refractivity contribution is 0.103. The number of hydrogen-bond donors (Lipinski definition) is 2. The summed E-state index contributed by atoms with van der Waals surface area (Å²) in [6.07, 6.45) is 6.66. The van der Waals surface area contributed by atoms with Crippen molar-refractivity contribution in [1.29, 1.82) is 0 Å². The number of fused-ring (bicyclic) bond motifs is 1. The fourth-order valence-electron chi connectivity index (χ4n) is 3.39. The number of aromatic nitrogens is 4. The molecule has 0 bridgehead atoms. The monoisotopic (exact) mass is 452 g/mol. The molecule has 2 amide bonds. The number of halogens is 1. The fourth-order valence-corrected chi connectivity index (χ4v) is 3.39. The molecule has 8 nitrogen and oxygen atoms in total. The van der Waals surface area contributed by atoms with Gasteiger partial charge >= 0.3 is 6.03 Å². The van der Waals surface area contributed by atoms with Crippen LogP contribution in [0.15, 0.2) is 91.6 Å². The molecule has 0 saturated carbocycles. The Kier molecular flexibility index (Phi) is 5.49. The highest BCUT2D eigenvalue weighted by atomic mass is 19.1. The number of ketones is 1. The van der Waals surface area contributed by atoms with Crippen LogP contribution in [0.3, 0.4) is 0 Å². The maximum absolute atomic E-state index is 13.1. The number of imidazole rings is 1. The summed E-state index contributed by atoms with van der Waals surface area (Å²) >= 11 is 0. The highest BCUT2D eigenvalue weighted by Gasteiger charge is 2.13. The lowest BCUT2D eigenvalue weighted by Gasteiger charge is -2.09. The van der Waals surface area contributed by atoms with E-state index in [0.717, 1.165) is 0 Å². The molecule has 166 valence electrons. The van der Waals surface area contributed by atoms with Gasteiger partial charge in [0.2, 0.25) is 0 Å². The summed E-state index contributed by atoms with van der Waals surface area (Å²) in [6.45, 7) is 0. The summed E-state index contributed by atoms with van der Waals surface area (Å²) in [6, 6.07) is 16.6. The van der Waals surface area contributed by atoms with Gasteiger partial charge in [-0.3, -0.25) is 14.3 Å². The van der Waals surface area contributed by atoms with E-state index in [0.29, 0.717) is 39.4 Å². The molecule has 0 aliphatic carbocycles. The SMILES string of the molecule is O=C(Nc1ccc(F)cc1)Nc1cccc(C(=O)c2ccc3ncc(-n4ccnc4)nc3c2)c1. The minimum Gasteiger partial charge on any atom is -0.308 e. The molecule has 9 heteroatoms. The highest BCUT2D eigenvalue weighted by molar-refractivity contribution is 6.11. The lowest BCUT2D eigenvalue weighted by atomic mass is 10.0. The molecule has 0 unspecified atom stereocenters. The average molecular weight is 452 g/mol. The Morgan fingerprint density at radius 2 is 1.65 bits per heavy atom. The molecule has 3 aromatic carbocycles. The number of urea groups is 1. The molecule has 0 fully saturated rings. The molecule has 2 aromatic heterocycles. The van der Waals surface area contributed by atoms with Crippen LogP contribution in [0.25, 0.3) is 16.9 Å². The van der Waals surface area contributed by atoms with E-state index in [-0.39, 0.29) is 5.78 Å². The number of amides is 2. The van der Waals surface area contributed by atoms with E-state index in [1.807, 2.05) is 0 Å². The number of nitrogens with zero attached hydrogens (tertiary/aromatic N) is 4. The number of carbonyl (C=O) groups is 2. The van der Waals surface area contributed by atoms with Crippen molar-refractivity contribution in [2.24, 2.45) is 0 Å². The molecule has 5 rings (SSSR count). The van der Waals surface area contributed by atoms with Crippen molar-refractivity contribution >= 4 is 34.2 Å². The van der Waals surface area contributed by atoms with Crippen LogP contribution in [0.4, 0.5) is 20.6 Å². The van der Waals surface area contributed by atoms with Crippen molar-refractivity contribution in [2.75, 3.05) is 10.6 Å². The number of anilines is 2. The number of nitrogens with one attached hydrogen (secondary N) is 2. The van der Waals surface area contributed by atoms with E-state index in [1.54, 1.807) is 71.9 Å². The largest absolute Gasteiger partial charge is 0.323 e. The number of rotatable bonds is 5. The first-order chi connectivity index (χ1) is 16.5. The minimum atomic E-state index is -0.510. The quantitative estimate of drug-likeness (QED) is 0.372. The Morgan fingerprint density at radius 3 is 2.44 bits per heavy atom. The molecule has 0 atom stereocenters. The highest BCUT2D eigenvalue weighted by Crippen LogP contribution is 2.19. The van der Waals surface area contributed by atoms with Crippen LogP contribution in [0.5, 0.6) is 0 Å². The topological polar surface area (TPSA) is 102 Å². The molecular weight excluding hydrogens is 435 g/mol. The van der Waals surface area contributed by atoms with Crippen molar-refractivity contribution in [2.45, 2.75) is 0 Å². The Bertz CT molecular complexity index is 1500. The Balaban J connectivity index is 1.35. The molecule has 5 aromatic rings. The molecule has 0 spiro atoms. The molecule has 0 radical (unpaired) electrons. The van der Waals surface area contributed by atoms with Crippen molar-refractivity contribution in [3.05, 3.63) is 109 Å². The number of benzene rings is 3. The molecule has 0 saturated heterocycles. The van der Waals surface area contributed by atoms with E-state index in [2.05, 4.69) is 25.6 Å². The first-order valence-electron chi connectivity index (χ1n) is 10.3. The van der Waals surface area contributed by atoms with E-state index in [9.17, 15) is 14.0 Å². The molecule has 0 aliphatic rings. The maximum atomic E-state index is 13.1. The predicted molar refractivity (Wildman–Crippen MR) is 126 cm³/mol. The number of hydrogen-bond acceptors (Lipinski definition) is 5. The summed E-state index contributed by atoms with van der Waals surface area (Å²) < 4.78 is 14.8. The second-order valence-corrected chi connectivity index (χ2v) is 7.40. The third-order valence-electron chi connectivity index (χ3n) is 5.05. The fraction of sp³-hybridized carbons (Fsp3) is 0. The van der Waals surface area contributed by atoms with Crippen molar-refractivity contribution in [3.63, 3.8) is 0 Å². The Labute approximate surface area is 193 Å². The molecular formula is C25H17FN6O2. The van der Waals surface area contributed by atoms with Gasteiger partial charge < -0.3 is 10.6 Å². The van der Waals surface area contributed by atoms with Crippen LogP contribution >= 0.6 is 0 Å². The molecule has 2 N–H and O–H groups in total. The van der Waals surface area contributed by atoms with Gasteiger partial charge in [0, 0.05) is 34.9 Å². The van der Waals surface area contributed by atoms with Gasteiger partial charge in [-0.25, -0.2) is 19.2 Å². The zero-order valence-electron chi connectivity index (χ0n) is 17.6. The van der Waals surface area contributed by atoms with E-state index in [1.165, 1.54) is 24.3 Å². The minimum absolute atomic E-state index is 0.223. The van der Waals surface area contributed by atoms with E-state index in [4.69, 9.17) is 0 Å². The second-order valence-electron chi connectivity index (χ2n) is 7.40. The predicted octanol–water partition coefficient (Wildman–Crippen LogP) is 4.83.